The lowest BCUT2D eigenvalue weighted by Gasteiger charge is -2.39. The van der Waals surface area contributed by atoms with Gasteiger partial charge in [0.05, 0.1) is 6.10 Å². The van der Waals surface area contributed by atoms with Gasteiger partial charge < -0.3 is 10.0 Å². The van der Waals surface area contributed by atoms with Crippen LogP contribution in [0.2, 0.25) is 0 Å². The van der Waals surface area contributed by atoms with Gasteiger partial charge >= 0.3 is 0 Å². The van der Waals surface area contributed by atoms with Crippen molar-refractivity contribution in [3.8, 4) is 0 Å². The molecule has 138 valence electrons. The first kappa shape index (κ1) is 19.0. The first-order valence-corrected chi connectivity index (χ1v) is 10.2. The lowest BCUT2D eigenvalue weighted by Crippen LogP contribution is -2.52. The second-order valence-corrected chi connectivity index (χ2v) is 7.60. The lowest BCUT2D eigenvalue weighted by atomic mass is 9.98. The molecule has 0 aliphatic carbocycles. The molecule has 0 bridgehead atoms. The van der Waals surface area contributed by atoms with Crippen molar-refractivity contribution in [3.05, 3.63) is 54.6 Å². The van der Waals surface area contributed by atoms with Crippen molar-refractivity contribution in [2.75, 3.05) is 32.4 Å². The summed E-state index contributed by atoms with van der Waals surface area (Å²) < 4.78 is 0. The fraction of sp³-hybridized carbons (Fsp3) is 0.381. The van der Waals surface area contributed by atoms with Crippen molar-refractivity contribution in [3.63, 3.8) is 0 Å². The van der Waals surface area contributed by atoms with E-state index in [9.17, 15) is 9.90 Å². The summed E-state index contributed by atoms with van der Waals surface area (Å²) in [6, 6.07) is 12.6. The molecule has 1 aliphatic rings. The number of carbonyl (C=O) groups excluding carboxylic acids is 1. The average Bonchev–Trinajstić information content (AvgIpc) is 2.71. The number of aliphatic hydroxyl groups is 1. The van der Waals surface area contributed by atoms with Gasteiger partial charge in [-0.2, -0.15) is 0 Å². The van der Waals surface area contributed by atoms with Crippen molar-refractivity contribution < 1.29 is 9.90 Å². The van der Waals surface area contributed by atoms with E-state index < -0.39 is 6.10 Å². The summed E-state index contributed by atoms with van der Waals surface area (Å²) in [7, 11) is 0. The van der Waals surface area contributed by atoms with Crippen LogP contribution in [0.1, 0.15) is 18.6 Å². The number of thioether (sulfide) groups is 1. The Labute approximate surface area is 159 Å². The van der Waals surface area contributed by atoms with Gasteiger partial charge in [0, 0.05) is 37.1 Å². The minimum atomic E-state index is -0.554. The number of carbonyl (C=O) groups is 1. The summed E-state index contributed by atoms with van der Waals surface area (Å²) in [5.41, 5.74) is 0.937. The number of hydrogen-bond donors (Lipinski definition) is 1. The van der Waals surface area contributed by atoms with Gasteiger partial charge in [-0.05, 0) is 53.8 Å². The van der Waals surface area contributed by atoms with Gasteiger partial charge in [-0.1, -0.05) is 24.8 Å². The monoisotopic (exact) mass is 370 g/mol. The highest BCUT2D eigenvalue weighted by Gasteiger charge is 2.27. The summed E-state index contributed by atoms with van der Waals surface area (Å²) in [6.45, 7) is 8.49. The van der Waals surface area contributed by atoms with Crippen molar-refractivity contribution in [1.29, 1.82) is 0 Å². The van der Waals surface area contributed by atoms with Crippen LogP contribution in [0.4, 0.5) is 0 Å². The highest BCUT2D eigenvalue weighted by molar-refractivity contribution is 7.98. The van der Waals surface area contributed by atoms with Crippen LogP contribution < -0.4 is 0 Å². The number of fused-ring (bicyclic) bond motifs is 1. The van der Waals surface area contributed by atoms with Crippen molar-refractivity contribution in [2.24, 2.45) is 0 Å². The molecule has 1 N–H and O–H groups in total. The van der Waals surface area contributed by atoms with Gasteiger partial charge in [0.15, 0.2) is 0 Å². The molecule has 2 aromatic rings. The van der Waals surface area contributed by atoms with Crippen LogP contribution in [0.25, 0.3) is 10.8 Å². The normalized spacial score (nSPS) is 17.9. The maximum absolute atomic E-state index is 11.7. The van der Waals surface area contributed by atoms with E-state index in [1.165, 1.54) is 16.4 Å². The van der Waals surface area contributed by atoms with Crippen LogP contribution >= 0.6 is 11.8 Å². The van der Waals surface area contributed by atoms with Crippen LogP contribution in [0, 0.1) is 0 Å². The van der Waals surface area contributed by atoms with E-state index in [0.29, 0.717) is 13.1 Å². The van der Waals surface area contributed by atoms with E-state index in [1.54, 1.807) is 11.8 Å². The molecular formula is C21H26N2O2S. The molecule has 0 aromatic heterocycles. The van der Waals surface area contributed by atoms with E-state index >= 15 is 0 Å². The minimum Gasteiger partial charge on any atom is -0.387 e. The average molecular weight is 371 g/mol. The largest absolute Gasteiger partial charge is 0.387 e. The zero-order valence-corrected chi connectivity index (χ0v) is 16.2. The molecule has 5 heteroatoms. The van der Waals surface area contributed by atoms with Gasteiger partial charge in [-0.15, -0.1) is 11.8 Å². The van der Waals surface area contributed by atoms with Gasteiger partial charge in [0.25, 0.3) is 0 Å². The number of piperazine rings is 1. The van der Waals surface area contributed by atoms with E-state index in [0.717, 1.165) is 24.0 Å². The molecule has 0 spiro atoms. The Morgan fingerprint density at radius 3 is 2.46 bits per heavy atom. The second-order valence-electron chi connectivity index (χ2n) is 6.72. The third-order valence-electron chi connectivity index (χ3n) is 5.25. The molecule has 1 fully saturated rings. The van der Waals surface area contributed by atoms with E-state index in [4.69, 9.17) is 0 Å². The maximum atomic E-state index is 11.7. The van der Waals surface area contributed by atoms with Crippen molar-refractivity contribution in [2.45, 2.75) is 24.0 Å². The molecule has 2 unspecified atom stereocenters. The van der Waals surface area contributed by atoms with Crippen LogP contribution in [-0.2, 0) is 4.79 Å². The standard InChI is InChI=1S/C21H26N2O2S/c1-4-20(24)23-11-9-22(10-12-23)15(2)21(25)18-6-5-17-14-19(26-3)8-7-16(17)13-18/h4-8,13-15,21,25H,1,9-12H2,2-3H3. The van der Waals surface area contributed by atoms with E-state index in [2.05, 4.69) is 55.0 Å². The highest BCUT2D eigenvalue weighted by Crippen LogP contribution is 2.27. The zero-order valence-electron chi connectivity index (χ0n) is 15.4. The Morgan fingerprint density at radius 2 is 1.81 bits per heavy atom. The molecule has 1 amide bonds. The first-order valence-electron chi connectivity index (χ1n) is 8.94. The lowest BCUT2D eigenvalue weighted by molar-refractivity contribution is -0.128. The quantitative estimate of drug-likeness (QED) is 0.648. The van der Waals surface area contributed by atoms with E-state index in [-0.39, 0.29) is 11.9 Å². The number of aliphatic hydroxyl groups excluding tert-OH is 1. The zero-order chi connectivity index (χ0) is 18.7. The second kappa shape index (κ2) is 8.25. The summed E-state index contributed by atoms with van der Waals surface area (Å²) in [4.78, 5) is 17.0. The molecule has 2 aromatic carbocycles. The number of amides is 1. The summed E-state index contributed by atoms with van der Waals surface area (Å²) in [5.74, 6) is -0.0167. The molecule has 1 aliphatic heterocycles. The molecular weight excluding hydrogens is 344 g/mol. The SMILES string of the molecule is C=CC(=O)N1CCN(C(C)C(O)c2ccc3cc(SC)ccc3c2)CC1. The minimum absolute atomic E-state index is 0.00102. The molecule has 1 saturated heterocycles. The molecule has 4 nitrogen and oxygen atoms in total. The summed E-state index contributed by atoms with van der Waals surface area (Å²) in [5, 5.41) is 13.2. The predicted octanol–water partition coefficient (Wildman–Crippen LogP) is 3.31. The Balaban J connectivity index is 1.70. The molecule has 0 saturated carbocycles. The van der Waals surface area contributed by atoms with Crippen LogP contribution in [-0.4, -0.2) is 59.3 Å². The Morgan fingerprint density at radius 1 is 1.15 bits per heavy atom. The van der Waals surface area contributed by atoms with Gasteiger partial charge in [-0.3, -0.25) is 9.69 Å². The highest BCUT2D eigenvalue weighted by atomic mass is 32.2. The number of hydrogen-bond acceptors (Lipinski definition) is 4. The third kappa shape index (κ3) is 3.95. The fourth-order valence-electron chi connectivity index (χ4n) is 3.51. The van der Waals surface area contributed by atoms with Gasteiger partial charge in [-0.25, -0.2) is 0 Å². The smallest absolute Gasteiger partial charge is 0.246 e. The molecule has 26 heavy (non-hydrogen) atoms. The molecule has 3 rings (SSSR count). The van der Waals surface area contributed by atoms with Crippen LogP contribution in [0.3, 0.4) is 0 Å². The maximum Gasteiger partial charge on any atom is 0.246 e. The van der Waals surface area contributed by atoms with Crippen LogP contribution in [0.15, 0.2) is 53.9 Å². The number of benzene rings is 2. The van der Waals surface area contributed by atoms with Crippen molar-refractivity contribution in [1.82, 2.24) is 9.80 Å². The number of rotatable bonds is 5. The molecule has 2 atom stereocenters. The Kier molecular flexibility index (Phi) is 6.01. The van der Waals surface area contributed by atoms with Crippen molar-refractivity contribution >= 4 is 28.4 Å². The number of nitrogens with zero attached hydrogens (tertiary/aromatic N) is 2. The molecule has 1 heterocycles. The summed E-state index contributed by atoms with van der Waals surface area (Å²) >= 11 is 1.73. The predicted molar refractivity (Wildman–Crippen MR) is 109 cm³/mol. The summed E-state index contributed by atoms with van der Waals surface area (Å²) in [6.07, 6.45) is 2.88. The Hall–Kier alpha value is -1.82. The van der Waals surface area contributed by atoms with Gasteiger partial charge in [0.2, 0.25) is 5.91 Å². The Bertz CT molecular complexity index is 800. The van der Waals surface area contributed by atoms with Crippen LogP contribution in [0.5, 0.6) is 0 Å². The topological polar surface area (TPSA) is 43.8 Å². The third-order valence-corrected chi connectivity index (χ3v) is 5.97. The fourth-order valence-corrected chi connectivity index (χ4v) is 3.96. The van der Waals surface area contributed by atoms with E-state index in [1.807, 2.05) is 11.0 Å². The van der Waals surface area contributed by atoms with Gasteiger partial charge in [0.1, 0.15) is 0 Å². The molecule has 0 radical (unpaired) electrons. The first-order chi connectivity index (χ1) is 12.5.